The number of urea groups is 1. The fraction of sp³-hybridized carbons (Fsp3) is 0.258. The molecule has 3 aromatic rings. The van der Waals surface area contributed by atoms with Crippen molar-refractivity contribution in [3.05, 3.63) is 97.6 Å². The first kappa shape index (κ1) is 33.7. The SMILES string of the molecule is CCOc1cc([C@@H]2NC(=O)NC(C)=C2C(=O)OC)ccc1OC[C@@H](O)N/N=C/c1cc(Cl)ccc1OCc1ccc(Cl)c(Cl)c1. The van der Waals surface area contributed by atoms with Gasteiger partial charge in [-0.2, -0.15) is 5.10 Å². The van der Waals surface area contributed by atoms with E-state index in [1.807, 2.05) is 6.07 Å². The number of hydrogen-bond donors (Lipinski definition) is 4. The number of halogens is 3. The summed E-state index contributed by atoms with van der Waals surface area (Å²) in [5, 5.41) is 21.3. The Labute approximate surface area is 275 Å². The van der Waals surface area contributed by atoms with Gasteiger partial charge in [0.15, 0.2) is 17.7 Å². The highest BCUT2D eigenvalue weighted by Gasteiger charge is 2.32. The van der Waals surface area contributed by atoms with E-state index in [0.29, 0.717) is 55.7 Å². The lowest BCUT2D eigenvalue weighted by Crippen LogP contribution is -2.45. The van der Waals surface area contributed by atoms with Gasteiger partial charge >= 0.3 is 12.0 Å². The minimum absolute atomic E-state index is 0.191. The predicted molar refractivity (Wildman–Crippen MR) is 171 cm³/mol. The van der Waals surface area contributed by atoms with Crippen LogP contribution in [0, 0.1) is 0 Å². The number of rotatable bonds is 13. The second-order valence-electron chi connectivity index (χ2n) is 9.63. The Morgan fingerprint density at radius 2 is 1.80 bits per heavy atom. The van der Waals surface area contributed by atoms with E-state index in [2.05, 4.69) is 21.2 Å². The molecule has 1 heterocycles. The van der Waals surface area contributed by atoms with Gasteiger partial charge in [0.2, 0.25) is 0 Å². The number of allylic oxidation sites excluding steroid dienone is 1. The Morgan fingerprint density at radius 3 is 2.53 bits per heavy atom. The van der Waals surface area contributed by atoms with Crippen molar-refractivity contribution in [3.8, 4) is 17.2 Å². The molecule has 1 aliphatic heterocycles. The number of nitrogens with one attached hydrogen (secondary N) is 3. The molecule has 2 amide bonds. The first-order chi connectivity index (χ1) is 21.6. The maximum absolute atomic E-state index is 12.5. The highest BCUT2D eigenvalue weighted by molar-refractivity contribution is 6.42. The quantitative estimate of drug-likeness (QED) is 0.0777. The molecule has 0 bridgehead atoms. The van der Waals surface area contributed by atoms with Gasteiger partial charge in [0.1, 0.15) is 19.0 Å². The second-order valence-corrected chi connectivity index (χ2v) is 10.9. The van der Waals surface area contributed by atoms with Gasteiger partial charge in [-0.15, -0.1) is 0 Å². The standard InChI is InChI=1S/C31H31Cl3N4O7/c1-4-43-26-13-19(29-28(30(40)42-3)17(2)36-31(41)37-29)6-9-25(26)45-16-27(39)38-35-14-20-12-21(32)7-10-24(20)44-15-18-5-8-22(33)23(34)11-18/h5-14,27,29,38-39H,4,15-16H2,1-3H3,(H2,36,37,41)/b35-14+/t27-,29+/m1/s1. The molecule has 0 radical (unpaired) electrons. The molecule has 0 fully saturated rings. The average molecular weight is 678 g/mol. The summed E-state index contributed by atoms with van der Waals surface area (Å²) in [6.07, 6.45) is 0.261. The zero-order valence-corrected chi connectivity index (χ0v) is 26.8. The molecule has 3 aromatic carbocycles. The number of carbonyl (C=O) groups is 2. The van der Waals surface area contributed by atoms with Crippen LogP contribution in [0.1, 0.15) is 36.6 Å². The van der Waals surface area contributed by atoms with E-state index < -0.39 is 24.3 Å². The summed E-state index contributed by atoms with van der Waals surface area (Å²) in [5.41, 5.74) is 5.20. The molecule has 0 unspecified atom stereocenters. The van der Waals surface area contributed by atoms with Gasteiger partial charge in [-0.05, 0) is 67.4 Å². The maximum atomic E-state index is 12.5. The monoisotopic (exact) mass is 676 g/mol. The summed E-state index contributed by atoms with van der Waals surface area (Å²) in [4.78, 5) is 24.6. The van der Waals surface area contributed by atoms with E-state index in [1.54, 1.807) is 62.4 Å². The topological polar surface area (TPSA) is 140 Å². The maximum Gasteiger partial charge on any atom is 0.337 e. The van der Waals surface area contributed by atoms with Crippen LogP contribution in [0.25, 0.3) is 0 Å². The van der Waals surface area contributed by atoms with Crippen molar-refractivity contribution in [2.24, 2.45) is 5.10 Å². The van der Waals surface area contributed by atoms with Crippen molar-refractivity contribution in [2.75, 3.05) is 20.3 Å². The van der Waals surface area contributed by atoms with E-state index in [0.717, 1.165) is 5.56 Å². The third-order valence-electron chi connectivity index (χ3n) is 6.45. The number of benzene rings is 3. The minimum Gasteiger partial charge on any atom is -0.490 e. The van der Waals surface area contributed by atoms with Crippen LogP contribution in [0.2, 0.25) is 15.1 Å². The highest BCUT2D eigenvalue weighted by atomic mass is 35.5. The van der Waals surface area contributed by atoms with E-state index in [4.69, 9.17) is 53.8 Å². The first-order valence-electron chi connectivity index (χ1n) is 13.7. The average Bonchev–Trinajstić information content (AvgIpc) is 3.01. The Kier molecular flexibility index (Phi) is 11.8. The zero-order valence-electron chi connectivity index (χ0n) is 24.5. The smallest absolute Gasteiger partial charge is 0.337 e. The molecule has 45 heavy (non-hydrogen) atoms. The fourth-order valence-electron chi connectivity index (χ4n) is 4.36. The molecular formula is C31H31Cl3N4O7. The number of aliphatic hydroxyl groups excluding tert-OH is 1. The van der Waals surface area contributed by atoms with Gasteiger partial charge in [0, 0.05) is 16.3 Å². The number of amides is 2. The molecule has 4 rings (SSSR count). The van der Waals surface area contributed by atoms with Gasteiger partial charge in [-0.25, -0.2) is 9.59 Å². The number of esters is 1. The number of carbonyl (C=O) groups excluding carboxylic acids is 2. The zero-order chi connectivity index (χ0) is 32.5. The number of nitrogens with zero attached hydrogens (tertiary/aromatic N) is 1. The van der Waals surface area contributed by atoms with Crippen LogP contribution in [0.5, 0.6) is 17.2 Å². The van der Waals surface area contributed by atoms with Gasteiger partial charge < -0.3 is 34.7 Å². The number of ether oxygens (including phenoxy) is 4. The van der Waals surface area contributed by atoms with Crippen molar-refractivity contribution in [3.63, 3.8) is 0 Å². The third-order valence-corrected chi connectivity index (χ3v) is 7.42. The number of hydrogen-bond acceptors (Lipinski definition) is 9. The number of hydrazone groups is 1. The predicted octanol–water partition coefficient (Wildman–Crippen LogP) is 5.75. The van der Waals surface area contributed by atoms with E-state index in [-0.39, 0.29) is 18.8 Å². The van der Waals surface area contributed by atoms with Crippen LogP contribution < -0.4 is 30.3 Å². The molecule has 0 saturated carbocycles. The second kappa shape index (κ2) is 15.7. The molecule has 0 saturated heterocycles. The van der Waals surface area contributed by atoms with E-state index >= 15 is 0 Å². The van der Waals surface area contributed by atoms with Crippen molar-refractivity contribution in [2.45, 2.75) is 32.7 Å². The lowest BCUT2D eigenvalue weighted by Gasteiger charge is -2.28. The fourth-order valence-corrected chi connectivity index (χ4v) is 4.86. The van der Waals surface area contributed by atoms with Crippen LogP contribution >= 0.6 is 34.8 Å². The molecule has 14 heteroatoms. The summed E-state index contributed by atoms with van der Waals surface area (Å²) in [6.45, 7) is 3.78. The largest absolute Gasteiger partial charge is 0.490 e. The molecule has 0 spiro atoms. The van der Waals surface area contributed by atoms with Gasteiger partial charge in [0.25, 0.3) is 0 Å². The van der Waals surface area contributed by atoms with Crippen LogP contribution in [0.4, 0.5) is 4.79 Å². The van der Waals surface area contributed by atoms with Crippen molar-refractivity contribution in [1.82, 2.24) is 16.1 Å². The Bertz CT molecular complexity index is 1620. The van der Waals surface area contributed by atoms with E-state index in [9.17, 15) is 14.7 Å². The molecule has 4 N–H and O–H groups in total. The van der Waals surface area contributed by atoms with Crippen molar-refractivity contribution < 1.29 is 33.6 Å². The van der Waals surface area contributed by atoms with Gasteiger partial charge in [0.05, 0.1) is 41.6 Å². The lowest BCUT2D eigenvalue weighted by atomic mass is 9.95. The van der Waals surface area contributed by atoms with E-state index in [1.165, 1.54) is 13.3 Å². The van der Waals surface area contributed by atoms with Crippen LogP contribution in [-0.4, -0.2) is 49.9 Å². The summed E-state index contributed by atoms with van der Waals surface area (Å²) >= 11 is 18.3. The summed E-state index contributed by atoms with van der Waals surface area (Å²) in [7, 11) is 1.27. The summed E-state index contributed by atoms with van der Waals surface area (Å²) in [5.74, 6) is 0.608. The molecule has 0 aliphatic carbocycles. The van der Waals surface area contributed by atoms with Crippen LogP contribution in [-0.2, 0) is 16.1 Å². The van der Waals surface area contributed by atoms with Crippen molar-refractivity contribution >= 4 is 53.0 Å². The molecule has 1 aliphatic rings. The van der Waals surface area contributed by atoms with Gasteiger partial charge in [-0.3, -0.25) is 5.43 Å². The number of aliphatic hydroxyl groups is 1. The van der Waals surface area contributed by atoms with Crippen LogP contribution in [0.15, 0.2) is 71.0 Å². The summed E-state index contributed by atoms with van der Waals surface area (Å²) < 4.78 is 22.4. The molecular weight excluding hydrogens is 647 g/mol. The molecule has 0 aromatic heterocycles. The Hall–Kier alpha value is -4.16. The minimum atomic E-state index is -1.20. The van der Waals surface area contributed by atoms with Gasteiger partial charge in [-0.1, -0.05) is 46.9 Å². The highest BCUT2D eigenvalue weighted by Crippen LogP contribution is 2.35. The van der Waals surface area contributed by atoms with Crippen LogP contribution in [0.3, 0.4) is 0 Å². The number of methoxy groups -OCH3 is 1. The van der Waals surface area contributed by atoms with Crippen molar-refractivity contribution in [1.29, 1.82) is 0 Å². The normalized spacial score (nSPS) is 15.3. The lowest BCUT2D eigenvalue weighted by molar-refractivity contribution is -0.136. The summed E-state index contributed by atoms with van der Waals surface area (Å²) in [6, 6.07) is 14.0. The first-order valence-corrected chi connectivity index (χ1v) is 14.8. The Balaban J connectivity index is 1.40. The Morgan fingerprint density at radius 1 is 1.02 bits per heavy atom. The third kappa shape index (κ3) is 8.95. The molecule has 11 nitrogen and oxygen atoms in total. The molecule has 2 atom stereocenters. The molecule has 238 valence electrons.